The van der Waals surface area contributed by atoms with Crippen LogP contribution in [-0.4, -0.2) is 32.4 Å². The van der Waals surface area contributed by atoms with Crippen molar-refractivity contribution in [3.8, 4) is 17.2 Å². The van der Waals surface area contributed by atoms with E-state index in [-0.39, 0.29) is 18.7 Å². The smallest absolute Gasteiger partial charge is 0.236 e. The van der Waals surface area contributed by atoms with Crippen molar-refractivity contribution < 1.29 is 19.0 Å². The van der Waals surface area contributed by atoms with E-state index in [1.807, 2.05) is 26.0 Å². The second-order valence-electron chi connectivity index (χ2n) is 4.93. The first-order valence-corrected chi connectivity index (χ1v) is 7.13. The quantitative estimate of drug-likeness (QED) is 0.796. The number of carbonyl (C=O) groups excluding carboxylic acids is 1. The Balaban J connectivity index is 1.96. The molecule has 0 spiro atoms. The Morgan fingerprint density at radius 2 is 2.24 bits per heavy atom. The minimum Gasteiger partial charge on any atom is -0.493 e. The van der Waals surface area contributed by atoms with Gasteiger partial charge in [-0.3, -0.25) is 4.79 Å². The van der Waals surface area contributed by atoms with E-state index in [1.54, 1.807) is 7.11 Å². The van der Waals surface area contributed by atoms with Gasteiger partial charge in [0, 0.05) is 13.1 Å². The van der Waals surface area contributed by atoms with Crippen molar-refractivity contribution >= 4 is 5.91 Å². The first-order valence-electron chi connectivity index (χ1n) is 7.13. The number of methoxy groups -OCH3 is 1. The molecule has 0 bridgehead atoms. The first kappa shape index (κ1) is 15.4. The number of ether oxygens (including phenoxy) is 3. The van der Waals surface area contributed by atoms with Crippen molar-refractivity contribution in [2.24, 2.45) is 0 Å². The molecule has 1 amide bonds. The van der Waals surface area contributed by atoms with E-state index >= 15 is 0 Å². The van der Waals surface area contributed by atoms with Crippen LogP contribution >= 0.6 is 0 Å². The summed E-state index contributed by atoms with van der Waals surface area (Å²) in [6.45, 7) is 5.32. The molecule has 1 aliphatic rings. The Bertz CT molecular complexity index is 505. The molecule has 116 valence electrons. The molecular weight excluding hydrogens is 272 g/mol. The van der Waals surface area contributed by atoms with E-state index in [2.05, 4.69) is 10.6 Å². The van der Waals surface area contributed by atoms with Crippen LogP contribution in [0.4, 0.5) is 0 Å². The highest BCUT2D eigenvalue weighted by molar-refractivity contribution is 5.81. The maximum atomic E-state index is 11.8. The number of hydrogen-bond donors (Lipinski definition) is 2. The van der Waals surface area contributed by atoms with Crippen molar-refractivity contribution in [2.45, 2.75) is 32.9 Å². The van der Waals surface area contributed by atoms with Crippen LogP contribution in [0.25, 0.3) is 0 Å². The van der Waals surface area contributed by atoms with Gasteiger partial charge in [0.15, 0.2) is 11.5 Å². The molecule has 1 unspecified atom stereocenters. The first-order chi connectivity index (χ1) is 10.2. The maximum Gasteiger partial charge on any atom is 0.236 e. The molecule has 1 aliphatic heterocycles. The van der Waals surface area contributed by atoms with Gasteiger partial charge in [-0.2, -0.15) is 0 Å². The predicted molar refractivity (Wildman–Crippen MR) is 78.7 cm³/mol. The van der Waals surface area contributed by atoms with Gasteiger partial charge < -0.3 is 24.8 Å². The van der Waals surface area contributed by atoms with Gasteiger partial charge in [-0.25, -0.2) is 0 Å². The average Bonchev–Trinajstić information content (AvgIpc) is 2.97. The van der Waals surface area contributed by atoms with E-state index in [1.165, 1.54) is 0 Å². The minimum atomic E-state index is -0.257. The number of fused-ring (bicyclic) bond motifs is 1. The van der Waals surface area contributed by atoms with E-state index in [0.29, 0.717) is 30.3 Å². The van der Waals surface area contributed by atoms with Gasteiger partial charge in [0.1, 0.15) is 0 Å². The minimum absolute atomic E-state index is 0.00422. The lowest BCUT2D eigenvalue weighted by Gasteiger charge is -2.14. The number of amides is 1. The summed E-state index contributed by atoms with van der Waals surface area (Å²) in [6, 6.07) is 3.53. The summed E-state index contributed by atoms with van der Waals surface area (Å²) in [5.41, 5.74) is 0.978. The molecule has 6 heteroatoms. The summed E-state index contributed by atoms with van der Waals surface area (Å²) in [6.07, 6.45) is 0.928. The third-order valence-corrected chi connectivity index (χ3v) is 3.27. The van der Waals surface area contributed by atoms with Gasteiger partial charge in [0.25, 0.3) is 0 Å². The largest absolute Gasteiger partial charge is 0.493 e. The van der Waals surface area contributed by atoms with Gasteiger partial charge in [-0.05, 0) is 31.0 Å². The number of nitrogens with one attached hydrogen (secondary N) is 2. The van der Waals surface area contributed by atoms with Crippen molar-refractivity contribution in [1.82, 2.24) is 10.6 Å². The lowest BCUT2D eigenvalue weighted by Crippen LogP contribution is -2.42. The Morgan fingerprint density at radius 3 is 2.95 bits per heavy atom. The van der Waals surface area contributed by atoms with Gasteiger partial charge in [0.05, 0.1) is 13.2 Å². The zero-order valence-electron chi connectivity index (χ0n) is 12.7. The van der Waals surface area contributed by atoms with Crippen molar-refractivity contribution in [3.63, 3.8) is 0 Å². The molecule has 0 aromatic heterocycles. The molecule has 6 nitrogen and oxygen atoms in total. The second-order valence-corrected chi connectivity index (χ2v) is 4.93. The van der Waals surface area contributed by atoms with E-state index in [0.717, 1.165) is 12.0 Å². The van der Waals surface area contributed by atoms with E-state index in [4.69, 9.17) is 14.2 Å². The molecule has 1 aromatic carbocycles. The number of benzene rings is 1. The molecule has 0 saturated heterocycles. The molecule has 1 atom stereocenters. The topological polar surface area (TPSA) is 68.8 Å². The highest BCUT2D eigenvalue weighted by Gasteiger charge is 2.20. The highest BCUT2D eigenvalue weighted by atomic mass is 16.7. The van der Waals surface area contributed by atoms with Crippen molar-refractivity contribution in [1.29, 1.82) is 0 Å². The molecule has 0 aliphatic carbocycles. The van der Waals surface area contributed by atoms with Gasteiger partial charge in [0.2, 0.25) is 18.4 Å². The van der Waals surface area contributed by atoms with Crippen LogP contribution in [0.2, 0.25) is 0 Å². The average molecular weight is 294 g/mol. The molecule has 1 aromatic rings. The summed E-state index contributed by atoms with van der Waals surface area (Å²) in [4.78, 5) is 11.8. The fourth-order valence-corrected chi connectivity index (χ4v) is 2.05. The summed E-state index contributed by atoms with van der Waals surface area (Å²) >= 11 is 0. The normalized spacial score (nSPS) is 13.9. The van der Waals surface area contributed by atoms with Crippen LogP contribution in [0.1, 0.15) is 25.8 Å². The molecule has 2 N–H and O–H groups in total. The highest BCUT2D eigenvalue weighted by Crippen LogP contribution is 2.41. The van der Waals surface area contributed by atoms with Crippen LogP contribution < -0.4 is 24.8 Å². The van der Waals surface area contributed by atoms with Crippen LogP contribution in [0.15, 0.2) is 12.1 Å². The Labute approximate surface area is 124 Å². The van der Waals surface area contributed by atoms with Gasteiger partial charge >= 0.3 is 0 Å². The fraction of sp³-hybridized carbons (Fsp3) is 0.533. The summed E-state index contributed by atoms with van der Waals surface area (Å²) in [5, 5.41) is 6.05. The molecule has 0 saturated carbocycles. The summed E-state index contributed by atoms with van der Waals surface area (Å²) in [7, 11) is 1.59. The van der Waals surface area contributed by atoms with Crippen LogP contribution in [-0.2, 0) is 11.3 Å². The zero-order chi connectivity index (χ0) is 15.2. The number of hydrogen-bond acceptors (Lipinski definition) is 5. The Kier molecular flexibility index (Phi) is 5.27. The molecule has 21 heavy (non-hydrogen) atoms. The molecule has 0 fully saturated rings. The Morgan fingerprint density at radius 1 is 1.43 bits per heavy atom. The third-order valence-electron chi connectivity index (χ3n) is 3.27. The SMILES string of the molecule is CCCNC(=O)C(C)NCc1cc(OC)c2c(c1)OCO2. The van der Waals surface area contributed by atoms with E-state index in [9.17, 15) is 4.79 Å². The maximum absolute atomic E-state index is 11.8. The number of rotatable bonds is 7. The monoisotopic (exact) mass is 294 g/mol. The second kappa shape index (κ2) is 7.17. The summed E-state index contributed by atoms with van der Waals surface area (Å²) in [5.74, 6) is 1.96. The van der Waals surface area contributed by atoms with Crippen molar-refractivity contribution in [3.05, 3.63) is 17.7 Å². The zero-order valence-corrected chi connectivity index (χ0v) is 12.7. The molecule has 0 radical (unpaired) electrons. The van der Waals surface area contributed by atoms with Crippen LogP contribution in [0, 0.1) is 0 Å². The van der Waals surface area contributed by atoms with Crippen molar-refractivity contribution in [2.75, 3.05) is 20.4 Å². The van der Waals surface area contributed by atoms with E-state index < -0.39 is 0 Å². The standard InChI is InChI=1S/C15H22N2O4/c1-4-5-16-15(18)10(2)17-8-11-6-12(19-3)14-13(7-11)20-9-21-14/h6-7,10,17H,4-5,8-9H2,1-3H3,(H,16,18). The lowest BCUT2D eigenvalue weighted by atomic mass is 10.1. The van der Waals surface area contributed by atoms with Crippen LogP contribution in [0.3, 0.4) is 0 Å². The lowest BCUT2D eigenvalue weighted by molar-refractivity contribution is -0.122. The fourth-order valence-electron chi connectivity index (χ4n) is 2.05. The number of carbonyl (C=O) groups is 1. The van der Waals surface area contributed by atoms with Crippen LogP contribution in [0.5, 0.6) is 17.2 Å². The third kappa shape index (κ3) is 3.78. The Hall–Kier alpha value is -1.95. The predicted octanol–water partition coefficient (Wildman–Crippen LogP) is 1.43. The van der Waals surface area contributed by atoms with Gasteiger partial charge in [-0.1, -0.05) is 6.92 Å². The summed E-state index contributed by atoms with van der Waals surface area (Å²) < 4.78 is 16.0. The molecule has 2 rings (SSSR count). The van der Waals surface area contributed by atoms with Gasteiger partial charge in [-0.15, -0.1) is 0 Å². The molecule has 1 heterocycles. The molecular formula is C15H22N2O4.